The molecule has 0 nitrogen and oxygen atoms in total. The maximum Gasteiger partial charge on any atom is -0.0000253 e. The van der Waals surface area contributed by atoms with Crippen molar-refractivity contribution in [2.24, 2.45) is 332 Å². The van der Waals surface area contributed by atoms with Gasteiger partial charge >= 0.3 is 0 Å². The summed E-state index contributed by atoms with van der Waals surface area (Å²) in [6, 6.07) is 0. The van der Waals surface area contributed by atoms with Crippen LogP contribution in [0.15, 0.2) is 0 Å². The van der Waals surface area contributed by atoms with Crippen LogP contribution in [0.4, 0.5) is 0 Å². The van der Waals surface area contributed by atoms with Gasteiger partial charge in [-0.3, -0.25) is 0 Å². The Bertz CT molecular complexity index is 4120. The molecule has 0 heteroatoms. The second-order valence-corrected chi connectivity index (χ2v) is 41.9. The molecule has 0 aromatic heterocycles. The van der Waals surface area contributed by atoms with Crippen LogP contribution in [0.1, 0.15) is 25.7 Å². The van der Waals surface area contributed by atoms with Crippen molar-refractivity contribution in [1.29, 1.82) is 0 Å². The molecule has 0 aromatic carbocycles. The molecule has 48 rings (SSSR count). The maximum absolute atomic E-state index is 1.88. The quantitative estimate of drug-likeness (QED) is 0.340. The van der Waals surface area contributed by atoms with Gasteiger partial charge in [0.1, 0.15) is 0 Å². The van der Waals surface area contributed by atoms with Gasteiger partial charge in [0.05, 0.1) is 0 Å². The topological polar surface area (TPSA) is 0 Å². The largest absolute Gasteiger partial charge is 0.0458 e. The van der Waals surface area contributed by atoms with Gasteiger partial charge < -0.3 is 0 Å². The summed E-state index contributed by atoms with van der Waals surface area (Å²) in [5.41, 5.74) is 40.1. The van der Waals surface area contributed by atoms with Crippen molar-refractivity contribution >= 4 is 0 Å². The van der Waals surface area contributed by atoms with Gasteiger partial charge in [-0.05, 0) is 357 Å². The highest BCUT2D eigenvalue weighted by molar-refractivity contribution is 6.23. The van der Waals surface area contributed by atoms with Crippen LogP contribution in [0.5, 0.6) is 0 Å². The number of fused-ring (bicyclic) bond motifs is 20. The lowest BCUT2D eigenvalue weighted by Gasteiger charge is -3.75. The zero-order valence-corrected chi connectivity index (χ0v) is 34.2. The molecule has 63 heavy (non-hydrogen) atoms. The third kappa shape index (κ3) is 0.384. The Hall–Kier alpha value is 0. The highest BCUT2D eigenvalue weighted by Crippen LogP contribution is 3.80. The zero-order chi connectivity index (χ0) is 34.2. The molecule has 48 aliphatic rings. The predicted molar refractivity (Wildman–Crippen MR) is 187 cm³/mol. The molecular weight excluding hydrogens is 757 g/mol. The molecule has 284 valence electrons. The van der Waals surface area contributed by atoms with Crippen molar-refractivity contribution in [3.8, 4) is 0 Å². The molecule has 0 heterocycles. The smallest absolute Gasteiger partial charge is 0.0000253 e. The molecule has 48 saturated carbocycles. The van der Waals surface area contributed by atoms with Crippen LogP contribution < -0.4 is 0 Å². The molecule has 0 saturated heterocycles. The molecule has 0 radical (unpaired) electrons. The molecule has 35 spiro atoms. The third-order valence-corrected chi connectivity index (χ3v) is 57.3. The normalized spacial score (nSPS) is 149. The third-order valence-electron chi connectivity index (χ3n) is 57.3. The average Bonchev–Trinajstić information content (AvgIpc) is 3.13. The fourth-order valence-corrected chi connectivity index (χ4v) is 74.8. The Balaban J connectivity index is 0.781. The first-order chi connectivity index (χ1) is 31.4. The van der Waals surface area contributed by atoms with Crippen LogP contribution in [-0.4, -0.2) is 0 Å². The first-order valence-electron chi connectivity index (χ1n) is 31.4. The summed E-state index contributed by atoms with van der Waals surface area (Å²) in [7, 11) is 0. The van der Waals surface area contributed by atoms with Crippen molar-refractivity contribution in [2.75, 3.05) is 0 Å². The van der Waals surface area contributed by atoms with E-state index in [9.17, 15) is 0 Å². The summed E-state index contributed by atoms with van der Waals surface area (Å²) >= 11 is 0. The molecule has 48 fully saturated rings. The Morgan fingerprint density at radius 2 is 0.302 bits per heavy atom. The van der Waals surface area contributed by atoms with E-state index in [0.29, 0.717) is 0 Å². The zero-order valence-electron chi connectivity index (χ0n) is 34.2. The Morgan fingerprint density at radius 1 is 0.143 bits per heavy atom. The molecule has 44 unspecified atom stereocenters. The van der Waals surface area contributed by atoms with E-state index in [-0.39, 0.29) is 0 Å². The standard InChI is InChI=1S/C63H32/c1-5-13-21-14-6-2-10-19-25-28-26-20-12-4-8-16-22-15-7-3-11-18-24-27-23-17-9(1)29(5)33(13)41(21)34(14)30(6,10)39(19)45(25)48(28)46(26)40(20)32(8,12)36(16)42(22)35(15)31(7,11)38(18)44(24)47(27)43(23)37(17,29)49(33)53(41)50(34,39)57(45)60(48)58(46)52(36,40)54(42)51(35,38)56(44)59(47)55(43,49)61(53,57)63(59,60)62(54,56)58/h5-28H,1-4H2. The van der Waals surface area contributed by atoms with E-state index in [2.05, 4.69) is 0 Å². The summed E-state index contributed by atoms with van der Waals surface area (Å²) in [5.74, 6) is 34.1. The Kier molecular flexibility index (Phi) is 0.896. The molecule has 48 aliphatic carbocycles. The van der Waals surface area contributed by atoms with Gasteiger partial charge in [0.15, 0.2) is 0 Å². The van der Waals surface area contributed by atoms with E-state index in [0.717, 1.165) is 162 Å². The van der Waals surface area contributed by atoms with E-state index in [1.165, 1.54) is 169 Å². The maximum atomic E-state index is 1.88. The summed E-state index contributed by atoms with van der Waals surface area (Å²) in [5, 5.41) is 0. The lowest BCUT2D eigenvalue weighted by atomic mass is 8.26. The van der Waals surface area contributed by atoms with E-state index in [4.69, 9.17) is 0 Å². The summed E-state index contributed by atoms with van der Waals surface area (Å²) < 4.78 is 0. The van der Waals surface area contributed by atoms with Gasteiger partial charge in [0.2, 0.25) is 0 Å². The molecule has 44 atom stereocenters. The highest BCUT2D eigenvalue weighted by Gasteiger charge is 3.79. The van der Waals surface area contributed by atoms with Crippen molar-refractivity contribution < 1.29 is 0 Å². The SMILES string of the molecule is C1C2C3C4C5C6CC7C8C9C%10C%11C%12C%13CC%14C%15C%16C%17C%18CC%19C%20C%21C%22C%23C%24C1C21C32C43C54C67C85C96C%107C%118C%129C%14%13C%15%10C%16%11C%17%12C%18%19C%20%13C%21%14C%22%15C%23%16C%241C21C32C45C63C74C85C%109C%116C%12%13C%147C%158C%161C23C84C675. The van der Waals surface area contributed by atoms with Crippen LogP contribution in [0.3, 0.4) is 0 Å². The minimum Gasteiger partial charge on any atom is -0.0458 e. The molecule has 0 aliphatic heterocycles. The van der Waals surface area contributed by atoms with Crippen molar-refractivity contribution in [3.05, 3.63) is 0 Å². The highest BCUT2D eigenvalue weighted by atomic mass is 15.8. The van der Waals surface area contributed by atoms with E-state index >= 15 is 0 Å². The second kappa shape index (κ2) is 2.82. The van der Waals surface area contributed by atoms with E-state index in [1.54, 1.807) is 0 Å². The van der Waals surface area contributed by atoms with Gasteiger partial charge in [-0.2, -0.15) is 0 Å². The van der Waals surface area contributed by atoms with Crippen LogP contribution >= 0.6 is 0 Å². The summed E-state index contributed by atoms with van der Waals surface area (Å²) in [6.07, 6.45) is 7.54. The number of hydrogen-bond donors (Lipinski definition) is 0. The lowest BCUT2D eigenvalue weighted by molar-refractivity contribution is -1.31. The minimum atomic E-state index is 1.11. The first kappa shape index (κ1) is 20.0. The van der Waals surface area contributed by atoms with Crippen molar-refractivity contribution in [3.63, 3.8) is 0 Å². The van der Waals surface area contributed by atoms with Gasteiger partial charge in [-0.15, -0.1) is 0 Å². The molecular formula is C63H32. The van der Waals surface area contributed by atoms with Gasteiger partial charge in [0, 0.05) is 0 Å². The van der Waals surface area contributed by atoms with Crippen LogP contribution in [0.25, 0.3) is 0 Å². The molecule has 0 aromatic rings. The fourth-order valence-electron chi connectivity index (χ4n) is 74.8. The van der Waals surface area contributed by atoms with Crippen LogP contribution in [0, 0.1) is 332 Å². The molecule has 0 amide bonds. The van der Waals surface area contributed by atoms with Gasteiger partial charge in [-0.25, -0.2) is 0 Å². The van der Waals surface area contributed by atoms with Crippen molar-refractivity contribution in [2.45, 2.75) is 25.7 Å². The number of rotatable bonds is 0. The fraction of sp³-hybridized carbons (Fsp3) is 1.00. The van der Waals surface area contributed by atoms with Gasteiger partial charge in [0.25, 0.3) is 0 Å². The van der Waals surface area contributed by atoms with E-state index < -0.39 is 0 Å². The monoisotopic (exact) mass is 788 g/mol. The second-order valence-electron chi connectivity index (χ2n) is 41.9. The van der Waals surface area contributed by atoms with Gasteiger partial charge in [-0.1, -0.05) is 0 Å². The minimum absolute atomic E-state index is 1.11. The van der Waals surface area contributed by atoms with Crippen molar-refractivity contribution in [1.82, 2.24) is 0 Å². The van der Waals surface area contributed by atoms with Crippen LogP contribution in [0.2, 0.25) is 0 Å². The Labute approximate surface area is 355 Å². The first-order valence-corrected chi connectivity index (χ1v) is 31.4. The predicted octanol–water partition coefficient (Wildman–Crippen LogP) is 4.51. The summed E-state index contributed by atoms with van der Waals surface area (Å²) in [6.45, 7) is 0. The lowest BCUT2D eigenvalue weighted by Crippen LogP contribution is -3.75. The molecule has 0 bridgehead atoms. The number of hydrogen-bond acceptors (Lipinski definition) is 0. The van der Waals surface area contributed by atoms with E-state index in [1.807, 2.05) is 25.7 Å². The summed E-state index contributed by atoms with van der Waals surface area (Å²) in [4.78, 5) is 0. The van der Waals surface area contributed by atoms with Crippen LogP contribution in [-0.2, 0) is 0 Å². The molecule has 0 N–H and O–H groups in total. The Morgan fingerprint density at radius 3 is 0.571 bits per heavy atom. The average molecular weight is 789 g/mol.